The fraction of sp³-hybridized carbons (Fsp3) is 0.0833. The highest BCUT2D eigenvalue weighted by molar-refractivity contribution is 6.01. The second-order valence-corrected chi connectivity index (χ2v) is 6.99. The molecular weight excluding hydrogens is 431 g/mol. The SMILES string of the molecule is CC(=O)Oc1cc(OC(C)=O)c2c(=O)c3cccc(/C=N\Nc4ccccc4F)c3oc2c1. The number of para-hydroxylation sites is 2. The Kier molecular flexibility index (Phi) is 5.86. The van der Waals surface area contributed by atoms with Gasteiger partial charge in [0.05, 0.1) is 17.3 Å². The van der Waals surface area contributed by atoms with Crippen LogP contribution in [0.25, 0.3) is 21.9 Å². The van der Waals surface area contributed by atoms with Crippen molar-refractivity contribution in [2.24, 2.45) is 5.10 Å². The zero-order valence-corrected chi connectivity index (χ0v) is 17.5. The van der Waals surface area contributed by atoms with E-state index in [0.717, 1.165) is 0 Å². The van der Waals surface area contributed by atoms with Gasteiger partial charge in [0, 0.05) is 31.5 Å². The highest BCUT2D eigenvalue weighted by Crippen LogP contribution is 2.32. The highest BCUT2D eigenvalue weighted by Gasteiger charge is 2.18. The van der Waals surface area contributed by atoms with Crippen molar-refractivity contribution in [3.05, 3.63) is 76.2 Å². The van der Waals surface area contributed by atoms with Crippen LogP contribution in [-0.4, -0.2) is 18.2 Å². The van der Waals surface area contributed by atoms with Crippen molar-refractivity contribution in [3.8, 4) is 11.5 Å². The lowest BCUT2D eigenvalue weighted by molar-refractivity contribution is -0.132. The molecule has 0 amide bonds. The number of carbonyl (C=O) groups excluding carboxylic acids is 2. The maximum absolute atomic E-state index is 13.8. The summed E-state index contributed by atoms with van der Waals surface area (Å²) in [7, 11) is 0. The van der Waals surface area contributed by atoms with E-state index in [0.29, 0.717) is 5.56 Å². The Bertz CT molecular complexity index is 1490. The third-order valence-corrected chi connectivity index (χ3v) is 4.55. The number of nitrogens with zero attached hydrogens (tertiary/aromatic N) is 1. The van der Waals surface area contributed by atoms with E-state index < -0.39 is 23.2 Å². The van der Waals surface area contributed by atoms with Crippen molar-refractivity contribution in [2.45, 2.75) is 13.8 Å². The van der Waals surface area contributed by atoms with Crippen molar-refractivity contribution in [3.63, 3.8) is 0 Å². The molecule has 8 nitrogen and oxygen atoms in total. The van der Waals surface area contributed by atoms with Crippen LogP contribution in [0.3, 0.4) is 0 Å². The first-order valence-corrected chi connectivity index (χ1v) is 9.77. The summed E-state index contributed by atoms with van der Waals surface area (Å²) < 4.78 is 30.0. The first-order valence-electron chi connectivity index (χ1n) is 9.77. The average Bonchev–Trinajstić information content (AvgIpc) is 2.74. The number of esters is 2. The molecule has 4 rings (SSSR count). The molecule has 0 unspecified atom stereocenters. The summed E-state index contributed by atoms with van der Waals surface area (Å²) in [6, 6.07) is 13.5. The molecule has 1 heterocycles. The summed E-state index contributed by atoms with van der Waals surface area (Å²) in [5.41, 5.74) is 3.00. The molecule has 166 valence electrons. The lowest BCUT2D eigenvalue weighted by Crippen LogP contribution is -2.10. The van der Waals surface area contributed by atoms with E-state index >= 15 is 0 Å². The Labute approximate surface area is 186 Å². The Morgan fingerprint density at radius 1 is 1.03 bits per heavy atom. The Balaban J connectivity index is 1.86. The predicted molar refractivity (Wildman–Crippen MR) is 120 cm³/mol. The number of anilines is 1. The van der Waals surface area contributed by atoms with Gasteiger partial charge >= 0.3 is 11.9 Å². The number of halogens is 1. The first kappa shape index (κ1) is 21.7. The minimum atomic E-state index is -0.657. The summed E-state index contributed by atoms with van der Waals surface area (Å²) in [6.07, 6.45) is 1.38. The number of benzene rings is 3. The Morgan fingerprint density at radius 3 is 2.52 bits per heavy atom. The number of rotatable bonds is 5. The predicted octanol–water partition coefficient (Wildman–Crippen LogP) is 4.38. The van der Waals surface area contributed by atoms with Crippen LogP contribution < -0.4 is 20.3 Å². The number of carbonyl (C=O) groups is 2. The Hall–Kier alpha value is -4.53. The molecule has 0 fully saturated rings. The molecule has 0 saturated heterocycles. The van der Waals surface area contributed by atoms with Crippen LogP contribution in [0.4, 0.5) is 10.1 Å². The number of hydrogen-bond donors (Lipinski definition) is 1. The number of hydrogen-bond acceptors (Lipinski definition) is 8. The van der Waals surface area contributed by atoms with Crippen LogP contribution in [0.1, 0.15) is 19.4 Å². The largest absolute Gasteiger partial charge is 0.455 e. The lowest BCUT2D eigenvalue weighted by atomic mass is 10.1. The van der Waals surface area contributed by atoms with Crippen LogP contribution in [0.2, 0.25) is 0 Å². The zero-order chi connectivity index (χ0) is 23.5. The molecule has 0 radical (unpaired) electrons. The quantitative estimate of drug-likeness (QED) is 0.159. The average molecular weight is 448 g/mol. The molecule has 1 aromatic heterocycles. The molecule has 0 spiro atoms. The maximum Gasteiger partial charge on any atom is 0.308 e. The van der Waals surface area contributed by atoms with Crippen LogP contribution in [-0.2, 0) is 9.59 Å². The summed E-state index contributed by atoms with van der Waals surface area (Å²) in [4.78, 5) is 36.2. The minimum absolute atomic E-state index is 0.0205. The summed E-state index contributed by atoms with van der Waals surface area (Å²) in [5, 5.41) is 4.27. The number of nitrogens with one attached hydrogen (secondary N) is 1. The van der Waals surface area contributed by atoms with Crippen LogP contribution in [0.15, 0.2) is 68.9 Å². The van der Waals surface area contributed by atoms with E-state index in [1.807, 2.05) is 0 Å². The number of ether oxygens (including phenoxy) is 2. The molecule has 33 heavy (non-hydrogen) atoms. The molecule has 9 heteroatoms. The van der Waals surface area contributed by atoms with Crippen molar-refractivity contribution < 1.29 is 27.9 Å². The smallest absolute Gasteiger partial charge is 0.308 e. The van der Waals surface area contributed by atoms with E-state index in [9.17, 15) is 18.8 Å². The van der Waals surface area contributed by atoms with Gasteiger partial charge in [-0.05, 0) is 24.3 Å². The van der Waals surface area contributed by atoms with Crippen LogP contribution in [0.5, 0.6) is 11.5 Å². The molecule has 0 aliphatic heterocycles. The van der Waals surface area contributed by atoms with E-state index in [4.69, 9.17) is 13.9 Å². The maximum atomic E-state index is 13.8. The van der Waals surface area contributed by atoms with Crippen LogP contribution >= 0.6 is 0 Å². The lowest BCUT2D eigenvalue weighted by Gasteiger charge is -2.10. The molecule has 0 bridgehead atoms. The molecule has 4 aromatic rings. The Morgan fingerprint density at radius 2 is 1.79 bits per heavy atom. The summed E-state index contributed by atoms with van der Waals surface area (Å²) >= 11 is 0. The fourth-order valence-corrected chi connectivity index (χ4v) is 3.25. The number of fused-ring (bicyclic) bond motifs is 2. The van der Waals surface area contributed by atoms with Gasteiger partial charge in [0.25, 0.3) is 0 Å². The van der Waals surface area contributed by atoms with Gasteiger partial charge in [-0.3, -0.25) is 19.8 Å². The van der Waals surface area contributed by atoms with E-state index in [1.54, 1.807) is 30.3 Å². The monoisotopic (exact) mass is 448 g/mol. The minimum Gasteiger partial charge on any atom is -0.455 e. The summed E-state index contributed by atoms with van der Waals surface area (Å²) in [5.74, 6) is -1.77. The molecule has 1 N–H and O–H groups in total. The van der Waals surface area contributed by atoms with Gasteiger partial charge in [-0.1, -0.05) is 18.2 Å². The van der Waals surface area contributed by atoms with E-state index in [2.05, 4.69) is 10.5 Å². The molecular formula is C24H17FN2O6. The molecule has 0 aliphatic carbocycles. The standard InChI is InChI=1S/C24H17FN2O6/c1-13(28)31-16-10-20(32-14(2)29)22-21(11-16)33-24-15(6-5-7-17(24)23(22)30)12-26-27-19-9-4-3-8-18(19)25/h3-12,27H,1-2H3/b26-12-. The first-order chi connectivity index (χ1) is 15.8. The van der Waals surface area contributed by atoms with E-state index in [1.165, 1.54) is 44.3 Å². The summed E-state index contributed by atoms with van der Waals surface area (Å²) in [6.45, 7) is 2.40. The van der Waals surface area contributed by atoms with Crippen molar-refractivity contribution in [2.75, 3.05) is 5.43 Å². The highest BCUT2D eigenvalue weighted by atomic mass is 19.1. The normalized spacial score (nSPS) is 11.1. The van der Waals surface area contributed by atoms with Gasteiger partial charge in [0.15, 0.2) is 0 Å². The van der Waals surface area contributed by atoms with Crippen molar-refractivity contribution in [1.29, 1.82) is 0 Å². The van der Waals surface area contributed by atoms with Gasteiger partial charge in [-0.25, -0.2) is 4.39 Å². The van der Waals surface area contributed by atoms with Gasteiger partial charge in [0.1, 0.15) is 33.9 Å². The second kappa shape index (κ2) is 8.91. The molecule has 0 atom stereocenters. The molecule has 0 aliphatic rings. The zero-order valence-electron chi connectivity index (χ0n) is 17.5. The second-order valence-electron chi connectivity index (χ2n) is 6.99. The number of hydrazone groups is 1. The van der Waals surface area contributed by atoms with Crippen LogP contribution in [0, 0.1) is 5.82 Å². The molecule has 0 saturated carbocycles. The third kappa shape index (κ3) is 4.57. The van der Waals surface area contributed by atoms with Gasteiger partial charge in [-0.2, -0.15) is 5.10 Å². The third-order valence-electron chi connectivity index (χ3n) is 4.55. The topological polar surface area (TPSA) is 107 Å². The fourth-order valence-electron chi connectivity index (χ4n) is 3.25. The van der Waals surface area contributed by atoms with Gasteiger partial charge in [0.2, 0.25) is 5.43 Å². The van der Waals surface area contributed by atoms with Gasteiger partial charge < -0.3 is 13.9 Å². The van der Waals surface area contributed by atoms with E-state index in [-0.39, 0.29) is 39.1 Å². The van der Waals surface area contributed by atoms with Crippen molar-refractivity contribution in [1.82, 2.24) is 0 Å². The van der Waals surface area contributed by atoms with Gasteiger partial charge in [-0.15, -0.1) is 0 Å². The van der Waals surface area contributed by atoms with Crippen molar-refractivity contribution >= 4 is 45.8 Å². The molecule has 3 aromatic carbocycles.